The Morgan fingerprint density at radius 1 is 1.28 bits per heavy atom. The Morgan fingerprint density at radius 2 is 1.96 bits per heavy atom. The second-order valence-corrected chi connectivity index (χ2v) is 11.0. The minimum atomic E-state index is -0.161. The van der Waals surface area contributed by atoms with Crippen LogP contribution in [0.5, 0.6) is 5.75 Å². The molecule has 3 nitrogen and oxygen atoms in total. The molecule has 5 rings (SSSR count). The number of hydrogen-bond acceptors (Lipinski definition) is 2. The normalized spacial score (nSPS) is 37.0. The van der Waals surface area contributed by atoms with Crippen molar-refractivity contribution in [3.8, 4) is 5.75 Å². The van der Waals surface area contributed by atoms with Gasteiger partial charge in [0.15, 0.2) is 0 Å². The molecule has 0 radical (unpaired) electrons. The first-order valence-electron chi connectivity index (χ1n) is 9.16. The van der Waals surface area contributed by atoms with Gasteiger partial charge in [-0.3, -0.25) is 4.79 Å². The van der Waals surface area contributed by atoms with Gasteiger partial charge in [-0.2, -0.15) is 0 Å². The Balaban J connectivity index is 1.51. The van der Waals surface area contributed by atoms with Crippen LogP contribution in [0.1, 0.15) is 57.1 Å². The Bertz CT molecular complexity index is 691. The van der Waals surface area contributed by atoms with Crippen molar-refractivity contribution in [3.05, 3.63) is 28.2 Å². The van der Waals surface area contributed by atoms with Crippen LogP contribution in [-0.4, -0.2) is 17.3 Å². The highest BCUT2D eigenvalue weighted by Gasteiger charge is 2.59. The van der Waals surface area contributed by atoms with Crippen molar-refractivity contribution in [1.29, 1.82) is 0 Å². The molecule has 0 aromatic heterocycles. The fourth-order valence-corrected chi connectivity index (χ4v) is 7.81. The van der Waals surface area contributed by atoms with E-state index in [0.29, 0.717) is 0 Å². The van der Waals surface area contributed by atoms with Gasteiger partial charge in [0.05, 0.1) is 23.0 Å². The predicted molar refractivity (Wildman–Crippen MR) is 106 cm³/mol. The molecule has 0 saturated heterocycles. The molecule has 0 heterocycles. The lowest BCUT2D eigenvalue weighted by Crippen LogP contribution is -2.58. The first-order chi connectivity index (χ1) is 11.8. The number of halogens is 2. The van der Waals surface area contributed by atoms with Crippen LogP contribution in [0.25, 0.3) is 0 Å². The van der Waals surface area contributed by atoms with E-state index in [-0.39, 0.29) is 21.7 Å². The molecule has 1 N–H and O–H groups in total. The van der Waals surface area contributed by atoms with Crippen LogP contribution in [0.2, 0.25) is 0 Å². The number of rotatable bonds is 4. The number of methoxy groups -OCH3 is 1. The summed E-state index contributed by atoms with van der Waals surface area (Å²) in [6.07, 6.45) is 6.96. The zero-order valence-corrected chi connectivity index (χ0v) is 18.0. The second kappa shape index (κ2) is 6.26. The maximum absolute atomic E-state index is 13.3. The predicted octanol–water partition coefficient (Wildman–Crippen LogP) is 5.37. The molecule has 25 heavy (non-hydrogen) atoms. The van der Waals surface area contributed by atoms with E-state index in [1.165, 1.54) is 19.3 Å². The average molecular weight is 471 g/mol. The van der Waals surface area contributed by atoms with Gasteiger partial charge in [-0.15, -0.1) is 0 Å². The molecule has 3 unspecified atom stereocenters. The molecule has 5 heteroatoms. The highest BCUT2D eigenvalue weighted by molar-refractivity contribution is 9.10. The van der Waals surface area contributed by atoms with Gasteiger partial charge in [0, 0.05) is 4.32 Å². The smallest absolute Gasteiger partial charge is 0.226 e. The number of ether oxygens (including phenoxy) is 1. The number of carbonyl (C=O) groups excluding carboxylic acids is 1. The van der Waals surface area contributed by atoms with Crippen LogP contribution in [0.15, 0.2) is 22.7 Å². The van der Waals surface area contributed by atoms with E-state index >= 15 is 0 Å². The molecule has 4 aliphatic carbocycles. The Kier molecular flexibility index (Phi) is 4.47. The number of alkyl halides is 1. The molecule has 1 aromatic carbocycles. The number of amides is 1. The third-order valence-electron chi connectivity index (χ3n) is 6.49. The minimum absolute atomic E-state index is 0.00557. The molecule has 0 aliphatic heterocycles. The summed E-state index contributed by atoms with van der Waals surface area (Å²) in [7, 11) is 1.66. The quantitative estimate of drug-likeness (QED) is 0.600. The summed E-state index contributed by atoms with van der Waals surface area (Å²) < 4.78 is 6.43. The lowest BCUT2D eigenvalue weighted by Gasteiger charge is -2.59. The first-order valence-corrected chi connectivity index (χ1v) is 10.7. The Labute approximate surface area is 166 Å². The summed E-state index contributed by atoms with van der Waals surface area (Å²) in [6.45, 7) is 2.07. The molecule has 4 saturated carbocycles. The van der Waals surface area contributed by atoms with E-state index in [2.05, 4.69) is 44.1 Å². The van der Waals surface area contributed by atoms with Crippen molar-refractivity contribution in [2.45, 2.75) is 55.8 Å². The standard InChI is InChI=1S/C20H25Br2NO2/c1-12(15-3-4-17(25-2)16(21)6-15)23-18(24)19-7-13-5-14(8-19)10-20(22,9-13)11-19/h3-4,6,12-14H,5,7-11H2,1-2H3,(H,23,24). The van der Waals surface area contributed by atoms with Crippen LogP contribution in [0.4, 0.5) is 0 Å². The molecular formula is C20H25Br2NO2. The summed E-state index contributed by atoms with van der Waals surface area (Å²) in [5.41, 5.74) is 0.935. The van der Waals surface area contributed by atoms with Gasteiger partial charge in [-0.1, -0.05) is 22.0 Å². The van der Waals surface area contributed by atoms with Gasteiger partial charge in [0.2, 0.25) is 5.91 Å². The molecule has 1 aromatic rings. The maximum Gasteiger partial charge on any atom is 0.226 e. The number of carbonyl (C=O) groups is 1. The number of hydrogen-bond donors (Lipinski definition) is 1. The highest BCUT2D eigenvalue weighted by Crippen LogP contribution is 2.64. The SMILES string of the molecule is COc1ccc(C(C)NC(=O)C23CC4CC(CC(Br)(C4)C2)C3)cc1Br. The van der Waals surface area contributed by atoms with Gasteiger partial charge < -0.3 is 10.1 Å². The van der Waals surface area contributed by atoms with Gasteiger partial charge >= 0.3 is 0 Å². The number of nitrogens with one attached hydrogen (secondary N) is 1. The first kappa shape index (κ1) is 17.8. The van der Waals surface area contributed by atoms with E-state index in [9.17, 15) is 4.79 Å². The molecule has 3 atom stereocenters. The summed E-state index contributed by atoms with van der Waals surface area (Å²) in [5, 5.41) is 3.31. The van der Waals surface area contributed by atoms with Crippen LogP contribution in [0, 0.1) is 17.3 Å². The monoisotopic (exact) mass is 469 g/mol. The summed E-state index contributed by atoms with van der Waals surface area (Å²) in [6, 6.07) is 6.00. The Hall–Kier alpha value is -0.550. The molecule has 4 fully saturated rings. The zero-order chi connectivity index (χ0) is 17.8. The minimum Gasteiger partial charge on any atom is -0.496 e. The van der Waals surface area contributed by atoms with Crippen LogP contribution in [0.3, 0.4) is 0 Å². The van der Waals surface area contributed by atoms with E-state index < -0.39 is 0 Å². The van der Waals surface area contributed by atoms with Crippen molar-refractivity contribution in [1.82, 2.24) is 5.32 Å². The average Bonchev–Trinajstić information content (AvgIpc) is 2.52. The van der Waals surface area contributed by atoms with Crippen LogP contribution in [-0.2, 0) is 4.79 Å². The lowest BCUT2D eigenvalue weighted by atomic mass is 9.49. The van der Waals surface area contributed by atoms with E-state index in [1.54, 1.807) is 7.11 Å². The van der Waals surface area contributed by atoms with Crippen molar-refractivity contribution in [3.63, 3.8) is 0 Å². The third-order valence-corrected chi connectivity index (χ3v) is 8.04. The maximum atomic E-state index is 13.3. The molecule has 0 spiro atoms. The third kappa shape index (κ3) is 3.16. The summed E-state index contributed by atoms with van der Waals surface area (Å²) >= 11 is 7.53. The van der Waals surface area contributed by atoms with Gasteiger partial charge in [0.25, 0.3) is 0 Å². The fraction of sp³-hybridized carbons (Fsp3) is 0.650. The van der Waals surface area contributed by atoms with E-state index in [1.807, 2.05) is 18.2 Å². The molecule has 4 aliphatic rings. The van der Waals surface area contributed by atoms with Gasteiger partial charge in [0.1, 0.15) is 5.75 Å². The molecule has 4 bridgehead atoms. The molecule has 136 valence electrons. The van der Waals surface area contributed by atoms with E-state index in [0.717, 1.165) is 46.9 Å². The molecule has 1 amide bonds. The zero-order valence-electron chi connectivity index (χ0n) is 14.8. The van der Waals surface area contributed by atoms with Crippen molar-refractivity contribution < 1.29 is 9.53 Å². The summed E-state index contributed by atoms with van der Waals surface area (Å²) in [5.74, 6) is 2.50. The lowest BCUT2D eigenvalue weighted by molar-refractivity contribution is -0.144. The Morgan fingerprint density at radius 3 is 2.52 bits per heavy atom. The van der Waals surface area contributed by atoms with Crippen LogP contribution < -0.4 is 10.1 Å². The van der Waals surface area contributed by atoms with Crippen molar-refractivity contribution in [2.75, 3.05) is 7.11 Å². The van der Waals surface area contributed by atoms with Gasteiger partial charge in [-0.05, 0) is 90.9 Å². The summed E-state index contributed by atoms with van der Waals surface area (Å²) in [4.78, 5) is 13.3. The van der Waals surface area contributed by atoms with Gasteiger partial charge in [-0.25, -0.2) is 0 Å². The van der Waals surface area contributed by atoms with E-state index in [4.69, 9.17) is 4.74 Å². The van der Waals surface area contributed by atoms with Crippen molar-refractivity contribution >= 4 is 37.8 Å². The largest absolute Gasteiger partial charge is 0.496 e. The number of benzene rings is 1. The second-order valence-electron chi connectivity index (χ2n) is 8.48. The molecular weight excluding hydrogens is 446 g/mol. The topological polar surface area (TPSA) is 38.3 Å². The van der Waals surface area contributed by atoms with Crippen LogP contribution >= 0.6 is 31.9 Å². The highest BCUT2D eigenvalue weighted by atomic mass is 79.9. The fourth-order valence-electron chi connectivity index (χ4n) is 5.80. The van der Waals surface area contributed by atoms with Crippen molar-refractivity contribution in [2.24, 2.45) is 17.3 Å².